The van der Waals surface area contributed by atoms with Gasteiger partial charge in [-0.2, -0.15) is 0 Å². The molecule has 0 saturated carbocycles. The first-order chi connectivity index (χ1) is 32.3. The van der Waals surface area contributed by atoms with Gasteiger partial charge in [-0.1, -0.05) is 176 Å². The molecule has 0 N–H and O–H groups in total. The normalized spacial score (nSPS) is 11.7. The average molecular weight is 828 g/mol. The van der Waals surface area contributed by atoms with Crippen LogP contribution in [0.1, 0.15) is 0 Å². The van der Waals surface area contributed by atoms with Crippen molar-refractivity contribution in [2.75, 3.05) is 9.80 Å². The number of benzene rings is 12. The number of anilines is 6. The van der Waals surface area contributed by atoms with Crippen LogP contribution in [0.3, 0.4) is 0 Å². The van der Waals surface area contributed by atoms with Crippen molar-refractivity contribution in [2.45, 2.75) is 0 Å². The van der Waals surface area contributed by atoms with Crippen LogP contribution >= 0.6 is 0 Å². The summed E-state index contributed by atoms with van der Waals surface area (Å²) in [6, 6.07) is 90.8. The van der Waals surface area contributed by atoms with E-state index in [0.29, 0.717) is 0 Å². The van der Waals surface area contributed by atoms with E-state index < -0.39 is 0 Å². The van der Waals surface area contributed by atoms with Crippen molar-refractivity contribution in [1.29, 1.82) is 0 Å². The summed E-state index contributed by atoms with van der Waals surface area (Å²) in [5, 5.41) is 12.2. The Kier molecular flexibility index (Phi) is 8.53. The Labute approximate surface area is 377 Å². The molecule has 0 aliphatic carbocycles. The average Bonchev–Trinajstić information content (AvgIpc) is 3.70. The molecule has 1 aromatic heterocycles. The molecule has 12 aromatic carbocycles. The number of hydrogen-bond acceptors (Lipinski definition) is 2. The van der Waals surface area contributed by atoms with Crippen LogP contribution < -0.4 is 9.80 Å². The Bertz CT molecular complexity index is 3580. The fraction of sp³-hybridized carbons (Fsp3) is 0. The van der Waals surface area contributed by atoms with E-state index in [4.69, 9.17) is 0 Å². The molecule has 0 spiro atoms. The third kappa shape index (κ3) is 5.90. The molecular formula is C62H41N3. The lowest BCUT2D eigenvalue weighted by atomic mass is 9.88. The van der Waals surface area contributed by atoms with E-state index >= 15 is 0 Å². The molecular weight excluding hydrogens is 787 g/mol. The summed E-state index contributed by atoms with van der Waals surface area (Å²) in [6.45, 7) is 0. The van der Waals surface area contributed by atoms with Gasteiger partial charge in [-0.05, 0) is 116 Å². The van der Waals surface area contributed by atoms with Gasteiger partial charge in [0.15, 0.2) is 0 Å². The quantitative estimate of drug-likeness (QED) is 0.112. The Morgan fingerprint density at radius 3 is 1.08 bits per heavy atom. The molecule has 0 unspecified atom stereocenters. The summed E-state index contributed by atoms with van der Waals surface area (Å²) in [5.41, 5.74) is 12.6. The first-order valence-electron chi connectivity index (χ1n) is 22.4. The van der Waals surface area contributed by atoms with Gasteiger partial charge in [-0.25, -0.2) is 0 Å². The molecule has 1 heterocycles. The molecule has 304 valence electrons. The summed E-state index contributed by atoms with van der Waals surface area (Å²) in [4.78, 5) is 4.78. The number of aromatic nitrogens is 1. The van der Waals surface area contributed by atoms with E-state index in [1.807, 2.05) is 0 Å². The second kappa shape index (κ2) is 15.0. The van der Waals surface area contributed by atoms with E-state index in [2.05, 4.69) is 263 Å². The van der Waals surface area contributed by atoms with Gasteiger partial charge in [0.2, 0.25) is 0 Å². The second-order valence-electron chi connectivity index (χ2n) is 16.9. The minimum atomic E-state index is 1.10. The maximum absolute atomic E-state index is 2.59. The van der Waals surface area contributed by atoms with Gasteiger partial charge in [0, 0.05) is 55.7 Å². The molecule has 0 aliphatic rings. The lowest BCUT2D eigenvalue weighted by Gasteiger charge is -2.26. The zero-order chi connectivity index (χ0) is 42.8. The van der Waals surface area contributed by atoms with Crippen LogP contribution in [0.4, 0.5) is 34.1 Å². The third-order valence-corrected chi connectivity index (χ3v) is 13.2. The molecule has 0 aliphatic heterocycles. The highest BCUT2D eigenvalue weighted by molar-refractivity contribution is 6.28. The highest BCUT2D eigenvalue weighted by Crippen LogP contribution is 2.50. The molecule has 0 radical (unpaired) electrons. The van der Waals surface area contributed by atoms with E-state index in [0.717, 1.165) is 45.2 Å². The second-order valence-corrected chi connectivity index (χ2v) is 16.9. The standard InChI is InChI=1S/C62H41N3/c1-5-22-45(23-6-1)63(46-24-7-2-8-25-46)49-38-43-36-37-44-39-50(64(47-26-9-3-10-27-47)48-28-11-4-12-29-48)41-58-60(44)59(43)57(40-49)65(58)62-55-33-17-15-31-53(55)61(54-32-16-18-34-56(54)62)52-35-19-21-42-20-13-14-30-51(42)52/h1-41H. The first kappa shape index (κ1) is 36.9. The molecule has 0 amide bonds. The molecule has 0 atom stereocenters. The van der Waals surface area contributed by atoms with Crippen molar-refractivity contribution < 1.29 is 0 Å². The Balaban J connectivity index is 1.20. The molecule has 3 nitrogen and oxygen atoms in total. The maximum atomic E-state index is 2.59. The predicted molar refractivity (Wildman–Crippen MR) is 277 cm³/mol. The van der Waals surface area contributed by atoms with E-state index in [9.17, 15) is 0 Å². The number of hydrogen-bond donors (Lipinski definition) is 0. The lowest BCUT2D eigenvalue weighted by Crippen LogP contribution is -2.10. The zero-order valence-corrected chi connectivity index (χ0v) is 35.5. The number of rotatable bonds is 8. The van der Waals surface area contributed by atoms with Gasteiger partial charge < -0.3 is 14.4 Å². The van der Waals surface area contributed by atoms with Crippen LogP contribution in [-0.2, 0) is 0 Å². The Morgan fingerprint density at radius 2 is 0.631 bits per heavy atom. The summed E-state index contributed by atoms with van der Waals surface area (Å²) < 4.78 is 2.59. The van der Waals surface area contributed by atoms with E-state index in [1.54, 1.807) is 0 Å². The monoisotopic (exact) mass is 827 g/mol. The largest absolute Gasteiger partial charge is 0.310 e. The highest BCUT2D eigenvalue weighted by atomic mass is 15.2. The molecule has 13 rings (SSSR count). The van der Waals surface area contributed by atoms with Gasteiger partial charge in [0.05, 0.1) is 16.7 Å². The van der Waals surface area contributed by atoms with Crippen LogP contribution in [0, 0.1) is 0 Å². The third-order valence-electron chi connectivity index (χ3n) is 13.2. The fourth-order valence-electron chi connectivity index (χ4n) is 10.5. The van der Waals surface area contributed by atoms with Gasteiger partial charge in [0.1, 0.15) is 0 Å². The van der Waals surface area contributed by atoms with Crippen LogP contribution in [-0.4, -0.2) is 4.57 Å². The van der Waals surface area contributed by atoms with Crippen molar-refractivity contribution in [1.82, 2.24) is 4.57 Å². The summed E-state index contributed by atoms with van der Waals surface area (Å²) in [6.07, 6.45) is 0. The molecule has 65 heavy (non-hydrogen) atoms. The van der Waals surface area contributed by atoms with Crippen molar-refractivity contribution in [3.63, 3.8) is 0 Å². The van der Waals surface area contributed by atoms with Crippen molar-refractivity contribution in [3.8, 4) is 16.8 Å². The summed E-state index contributed by atoms with van der Waals surface area (Å²) in [5.74, 6) is 0. The Morgan fingerprint density at radius 1 is 0.262 bits per heavy atom. The predicted octanol–water partition coefficient (Wildman–Crippen LogP) is 17.4. The maximum Gasteiger partial charge on any atom is 0.0619 e. The molecule has 3 heteroatoms. The fourth-order valence-corrected chi connectivity index (χ4v) is 10.5. The number of fused-ring (bicyclic) bond motifs is 3. The van der Waals surface area contributed by atoms with Gasteiger partial charge in [0.25, 0.3) is 0 Å². The van der Waals surface area contributed by atoms with E-state index in [-0.39, 0.29) is 0 Å². The smallest absolute Gasteiger partial charge is 0.0619 e. The van der Waals surface area contributed by atoms with Crippen LogP contribution in [0.25, 0.3) is 81.7 Å². The lowest BCUT2D eigenvalue weighted by molar-refractivity contribution is 1.20. The van der Waals surface area contributed by atoms with Crippen molar-refractivity contribution in [2.24, 2.45) is 0 Å². The molecule has 0 bridgehead atoms. The van der Waals surface area contributed by atoms with Gasteiger partial charge in [-0.3, -0.25) is 0 Å². The van der Waals surface area contributed by atoms with Gasteiger partial charge in [-0.15, -0.1) is 0 Å². The van der Waals surface area contributed by atoms with Gasteiger partial charge >= 0.3 is 0 Å². The minimum absolute atomic E-state index is 1.10. The number of para-hydroxylation sites is 4. The molecule has 0 saturated heterocycles. The minimum Gasteiger partial charge on any atom is -0.310 e. The van der Waals surface area contributed by atoms with Crippen LogP contribution in [0.5, 0.6) is 0 Å². The Hall–Kier alpha value is -8.66. The molecule has 13 aromatic rings. The van der Waals surface area contributed by atoms with Crippen LogP contribution in [0.15, 0.2) is 249 Å². The first-order valence-corrected chi connectivity index (χ1v) is 22.4. The highest BCUT2D eigenvalue weighted by Gasteiger charge is 2.26. The SMILES string of the molecule is c1ccc(N(c2ccccc2)c2cc3ccc4cc(N(c5ccccc5)c5ccccc5)cc5c4c3c(c2)n5-c2c3ccccc3c(-c3cccc4ccccc34)c3ccccc23)cc1. The number of nitrogens with zero attached hydrogens (tertiary/aromatic N) is 3. The van der Waals surface area contributed by atoms with E-state index in [1.165, 1.54) is 70.7 Å². The summed E-state index contributed by atoms with van der Waals surface area (Å²) in [7, 11) is 0. The van der Waals surface area contributed by atoms with Crippen molar-refractivity contribution >= 4 is 99.0 Å². The summed E-state index contributed by atoms with van der Waals surface area (Å²) >= 11 is 0. The zero-order valence-electron chi connectivity index (χ0n) is 35.5. The van der Waals surface area contributed by atoms with Crippen LogP contribution in [0.2, 0.25) is 0 Å². The topological polar surface area (TPSA) is 11.4 Å². The molecule has 0 fully saturated rings. The van der Waals surface area contributed by atoms with Crippen molar-refractivity contribution in [3.05, 3.63) is 249 Å².